The van der Waals surface area contributed by atoms with E-state index >= 15 is 0 Å². The molecule has 31 heavy (non-hydrogen) atoms. The van der Waals surface area contributed by atoms with E-state index in [0.29, 0.717) is 17.3 Å². The number of nitrogens with zero attached hydrogens (tertiary/aromatic N) is 2. The zero-order valence-corrected chi connectivity index (χ0v) is 18.4. The van der Waals surface area contributed by atoms with E-state index in [-0.39, 0.29) is 11.9 Å². The molecule has 0 bridgehead atoms. The van der Waals surface area contributed by atoms with Crippen LogP contribution >= 0.6 is 11.3 Å². The second kappa shape index (κ2) is 9.14. The van der Waals surface area contributed by atoms with E-state index in [1.165, 1.54) is 17.7 Å². The van der Waals surface area contributed by atoms with Crippen LogP contribution in [0.5, 0.6) is 11.5 Å². The Morgan fingerprint density at radius 3 is 2.45 bits per heavy atom. The fourth-order valence-electron chi connectivity index (χ4n) is 3.04. The Hall–Kier alpha value is -3.45. The van der Waals surface area contributed by atoms with Gasteiger partial charge >= 0.3 is 5.97 Å². The molecule has 0 aliphatic rings. The molecule has 0 saturated heterocycles. The van der Waals surface area contributed by atoms with Crippen molar-refractivity contribution in [1.29, 1.82) is 0 Å². The molecule has 0 saturated carbocycles. The number of thiophene rings is 1. The topological polar surface area (TPSA) is 73.3 Å². The number of nitrogens with one attached hydrogen (secondary N) is 1. The van der Waals surface area contributed by atoms with Crippen molar-refractivity contribution in [3.63, 3.8) is 0 Å². The van der Waals surface area contributed by atoms with Gasteiger partial charge in [-0.15, -0.1) is 11.3 Å². The van der Waals surface area contributed by atoms with Gasteiger partial charge in [0.2, 0.25) is 0 Å². The molecule has 0 unspecified atom stereocenters. The lowest BCUT2D eigenvalue weighted by atomic mass is 10.2. The largest absolute Gasteiger partial charge is 0.461 e. The Kier molecular flexibility index (Phi) is 6.13. The molecule has 0 aliphatic heterocycles. The number of carbonyl (C=O) groups excluding carboxylic acids is 1. The average molecular weight is 434 g/mol. The second-order valence-corrected chi connectivity index (χ2v) is 8.51. The van der Waals surface area contributed by atoms with Gasteiger partial charge < -0.3 is 14.8 Å². The Labute approximate surface area is 184 Å². The van der Waals surface area contributed by atoms with Crippen LogP contribution in [0.2, 0.25) is 0 Å². The van der Waals surface area contributed by atoms with Crippen LogP contribution in [0.1, 0.15) is 29.1 Å². The number of esters is 1. The van der Waals surface area contributed by atoms with Gasteiger partial charge in [-0.25, -0.2) is 14.8 Å². The van der Waals surface area contributed by atoms with E-state index in [1.807, 2.05) is 75.4 Å². The normalized spacial score (nSPS) is 11.0. The zero-order valence-electron chi connectivity index (χ0n) is 17.6. The number of aromatic nitrogens is 2. The number of hydrogen-bond donors (Lipinski definition) is 1. The summed E-state index contributed by atoms with van der Waals surface area (Å²) in [4.78, 5) is 22.6. The average Bonchev–Trinajstić information content (AvgIpc) is 3.12. The smallest absolute Gasteiger partial charge is 0.348 e. The van der Waals surface area contributed by atoms with E-state index in [9.17, 15) is 4.79 Å². The van der Waals surface area contributed by atoms with Gasteiger partial charge in [-0.3, -0.25) is 0 Å². The lowest BCUT2D eigenvalue weighted by Gasteiger charge is -2.09. The molecular weight excluding hydrogens is 410 g/mol. The first-order valence-corrected chi connectivity index (χ1v) is 10.8. The highest BCUT2D eigenvalue weighted by Crippen LogP contribution is 2.35. The highest BCUT2D eigenvalue weighted by atomic mass is 32.1. The van der Waals surface area contributed by atoms with Gasteiger partial charge in [0, 0.05) is 5.69 Å². The Morgan fingerprint density at radius 1 is 1.03 bits per heavy atom. The number of hydrogen-bond acceptors (Lipinski definition) is 7. The summed E-state index contributed by atoms with van der Waals surface area (Å²) in [6.45, 7) is 6.31. The molecule has 158 valence electrons. The van der Waals surface area contributed by atoms with Crippen molar-refractivity contribution in [3.8, 4) is 11.5 Å². The molecule has 7 heteroatoms. The first-order valence-electron chi connectivity index (χ1n) is 10.0. The summed E-state index contributed by atoms with van der Waals surface area (Å²) < 4.78 is 11.2. The molecule has 0 atom stereocenters. The molecule has 6 nitrogen and oxygen atoms in total. The van der Waals surface area contributed by atoms with E-state index in [2.05, 4.69) is 15.3 Å². The maximum Gasteiger partial charge on any atom is 0.348 e. The number of anilines is 2. The van der Waals surface area contributed by atoms with Crippen molar-refractivity contribution < 1.29 is 14.3 Å². The summed E-state index contributed by atoms with van der Waals surface area (Å²) in [7, 11) is 0. The maximum absolute atomic E-state index is 12.5. The summed E-state index contributed by atoms with van der Waals surface area (Å²) in [5.41, 5.74) is 1.68. The van der Waals surface area contributed by atoms with E-state index in [4.69, 9.17) is 9.47 Å². The Balaban J connectivity index is 1.55. The van der Waals surface area contributed by atoms with Gasteiger partial charge in [0.05, 0.1) is 12.0 Å². The van der Waals surface area contributed by atoms with Crippen molar-refractivity contribution in [2.24, 2.45) is 5.92 Å². The van der Waals surface area contributed by atoms with Crippen molar-refractivity contribution in [2.75, 3.05) is 11.9 Å². The van der Waals surface area contributed by atoms with Crippen LogP contribution < -0.4 is 10.1 Å². The quantitative estimate of drug-likeness (QED) is 0.342. The predicted molar refractivity (Wildman–Crippen MR) is 124 cm³/mol. The lowest BCUT2D eigenvalue weighted by Crippen LogP contribution is -2.09. The van der Waals surface area contributed by atoms with Gasteiger partial charge in [0.15, 0.2) is 0 Å². The van der Waals surface area contributed by atoms with Crippen LogP contribution in [0.3, 0.4) is 0 Å². The highest BCUT2D eigenvalue weighted by Gasteiger charge is 2.20. The van der Waals surface area contributed by atoms with Crippen LogP contribution in [0.4, 0.5) is 11.5 Å². The first kappa shape index (κ1) is 20.8. The minimum atomic E-state index is -0.317. The number of para-hydroxylation sites is 1. The summed E-state index contributed by atoms with van der Waals surface area (Å²) >= 11 is 1.33. The fourth-order valence-corrected chi connectivity index (χ4v) is 4.08. The van der Waals surface area contributed by atoms with Gasteiger partial charge in [-0.05, 0) is 54.8 Å². The molecule has 0 spiro atoms. The van der Waals surface area contributed by atoms with Crippen LogP contribution in [0.15, 0.2) is 60.9 Å². The first-order chi connectivity index (χ1) is 15.0. The van der Waals surface area contributed by atoms with Crippen LogP contribution in [-0.2, 0) is 4.74 Å². The van der Waals surface area contributed by atoms with E-state index in [1.54, 1.807) is 0 Å². The number of rotatable bonds is 7. The predicted octanol–water partition coefficient (Wildman–Crippen LogP) is 6.35. The summed E-state index contributed by atoms with van der Waals surface area (Å²) in [6.07, 6.45) is 1.50. The second-order valence-electron chi connectivity index (χ2n) is 7.52. The van der Waals surface area contributed by atoms with Gasteiger partial charge in [0.25, 0.3) is 0 Å². The van der Waals surface area contributed by atoms with Gasteiger partial charge in [-0.1, -0.05) is 32.0 Å². The summed E-state index contributed by atoms with van der Waals surface area (Å²) in [6, 6.07) is 17.3. The van der Waals surface area contributed by atoms with E-state index < -0.39 is 0 Å². The van der Waals surface area contributed by atoms with Crippen molar-refractivity contribution in [3.05, 3.63) is 71.4 Å². The minimum Gasteiger partial charge on any atom is -0.461 e. The molecular formula is C24H23N3O3S. The third kappa shape index (κ3) is 4.83. The third-order valence-electron chi connectivity index (χ3n) is 4.56. The number of carbonyl (C=O) groups is 1. The van der Waals surface area contributed by atoms with Crippen LogP contribution in [0, 0.1) is 12.8 Å². The zero-order chi connectivity index (χ0) is 21.8. The van der Waals surface area contributed by atoms with Gasteiger partial charge in [-0.2, -0.15) is 0 Å². The van der Waals surface area contributed by atoms with Crippen molar-refractivity contribution in [2.45, 2.75) is 20.8 Å². The standard InChI is InChI=1S/C24H23N3O3S/c1-15(2)13-29-24(28)21-16(3)20-22(25-14-26-23(20)31-21)27-17-9-11-19(12-10-17)30-18-7-5-4-6-8-18/h4-12,14-15H,13H2,1-3H3,(H,25,26,27). The fraction of sp³-hybridized carbons (Fsp3) is 0.208. The molecule has 2 aromatic carbocycles. The van der Waals surface area contributed by atoms with Crippen LogP contribution in [-0.4, -0.2) is 22.5 Å². The molecule has 2 aromatic heterocycles. The Bertz CT molecular complexity index is 1190. The SMILES string of the molecule is Cc1c(C(=O)OCC(C)C)sc2ncnc(Nc3ccc(Oc4ccccc4)cc3)c12. The van der Waals surface area contributed by atoms with Crippen molar-refractivity contribution >= 4 is 39.0 Å². The van der Waals surface area contributed by atoms with Gasteiger partial charge in [0.1, 0.15) is 33.4 Å². The number of fused-ring (bicyclic) bond motifs is 1. The molecule has 0 amide bonds. The van der Waals surface area contributed by atoms with Crippen LogP contribution in [0.25, 0.3) is 10.2 Å². The van der Waals surface area contributed by atoms with Crippen molar-refractivity contribution in [1.82, 2.24) is 9.97 Å². The third-order valence-corrected chi connectivity index (χ3v) is 5.74. The molecule has 4 aromatic rings. The number of ether oxygens (including phenoxy) is 2. The summed E-state index contributed by atoms with van der Waals surface area (Å²) in [5.74, 6) is 2.14. The molecule has 1 N–H and O–H groups in total. The number of aryl methyl sites for hydroxylation is 1. The highest BCUT2D eigenvalue weighted by molar-refractivity contribution is 7.20. The molecule has 2 heterocycles. The molecule has 0 aliphatic carbocycles. The molecule has 4 rings (SSSR count). The Morgan fingerprint density at radius 2 is 1.74 bits per heavy atom. The minimum absolute atomic E-state index is 0.282. The monoisotopic (exact) mass is 433 g/mol. The van der Waals surface area contributed by atoms with E-state index in [0.717, 1.165) is 33.0 Å². The molecule has 0 fully saturated rings. The molecule has 0 radical (unpaired) electrons. The maximum atomic E-state index is 12.5. The lowest BCUT2D eigenvalue weighted by molar-refractivity contribution is 0.0464. The number of benzene rings is 2. The summed E-state index contributed by atoms with van der Waals surface area (Å²) in [5, 5.41) is 4.16.